The molecule has 1 rings (SSSR count). The van der Waals surface area contributed by atoms with Gasteiger partial charge in [0.1, 0.15) is 6.04 Å². The molecule has 5 N–H and O–H groups in total. The summed E-state index contributed by atoms with van der Waals surface area (Å²) < 4.78 is 0. The van der Waals surface area contributed by atoms with Crippen molar-refractivity contribution in [3.8, 4) is 0 Å². The van der Waals surface area contributed by atoms with Gasteiger partial charge in [-0.05, 0) is 19.3 Å². The van der Waals surface area contributed by atoms with Gasteiger partial charge in [0.25, 0.3) is 0 Å². The van der Waals surface area contributed by atoms with Gasteiger partial charge in [-0.25, -0.2) is 0 Å². The molecule has 0 aromatic heterocycles. The number of hydrogen-bond acceptors (Lipinski definition) is 5. The van der Waals surface area contributed by atoms with Crippen LogP contribution < -0.4 is 16.4 Å². The lowest BCUT2D eigenvalue weighted by atomic mass is 10.1. The third-order valence-electron chi connectivity index (χ3n) is 2.80. The highest BCUT2D eigenvalue weighted by molar-refractivity contribution is 7.99. The normalized spacial score (nSPS) is 21.3. The number of nitrogens with one attached hydrogen (secondary N) is 2. The van der Waals surface area contributed by atoms with Gasteiger partial charge in [-0.1, -0.05) is 0 Å². The monoisotopic (exact) mass is 275 g/mol. The fourth-order valence-corrected chi connectivity index (χ4v) is 2.62. The molecule has 0 radical (unpaired) electrons. The van der Waals surface area contributed by atoms with E-state index in [1.807, 2.05) is 0 Å². The van der Waals surface area contributed by atoms with E-state index in [1.54, 1.807) is 11.8 Å². The summed E-state index contributed by atoms with van der Waals surface area (Å²) in [6.07, 6.45) is 1.91. The van der Waals surface area contributed by atoms with Gasteiger partial charge >= 0.3 is 5.97 Å². The third-order valence-corrected chi connectivity index (χ3v) is 3.86. The largest absolute Gasteiger partial charge is 0.480 e. The smallest absolute Gasteiger partial charge is 0.320 e. The van der Waals surface area contributed by atoms with E-state index in [2.05, 4.69) is 10.6 Å². The Kier molecular flexibility index (Phi) is 7.07. The molecule has 0 spiro atoms. The van der Waals surface area contributed by atoms with Gasteiger partial charge in [-0.15, -0.1) is 0 Å². The summed E-state index contributed by atoms with van der Waals surface area (Å²) in [5.41, 5.74) is 5.38. The fourth-order valence-electron chi connectivity index (χ4n) is 1.68. The lowest BCUT2D eigenvalue weighted by Crippen LogP contribution is -2.49. The third kappa shape index (κ3) is 5.70. The van der Waals surface area contributed by atoms with Crippen LogP contribution in [0.5, 0.6) is 0 Å². The highest BCUT2D eigenvalue weighted by Crippen LogP contribution is 2.07. The van der Waals surface area contributed by atoms with Crippen molar-refractivity contribution in [3.63, 3.8) is 0 Å². The van der Waals surface area contributed by atoms with E-state index >= 15 is 0 Å². The summed E-state index contributed by atoms with van der Waals surface area (Å²) in [6, 6.07) is -0.887. The number of carboxylic acid groups (broad SMARTS) is 1. The summed E-state index contributed by atoms with van der Waals surface area (Å²) in [6.45, 7) is 1.45. The van der Waals surface area contributed by atoms with Crippen LogP contribution >= 0.6 is 11.8 Å². The first-order valence-corrected chi connectivity index (χ1v) is 7.34. The lowest BCUT2D eigenvalue weighted by molar-refractivity contribution is -0.138. The maximum absolute atomic E-state index is 11.7. The number of carbonyl (C=O) groups is 2. The zero-order valence-corrected chi connectivity index (χ0v) is 11.2. The lowest BCUT2D eigenvalue weighted by Gasteiger charge is -2.22. The van der Waals surface area contributed by atoms with Gasteiger partial charge in [-0.2, -0.15) is 11.8 Å². The Labute approximate surface area is 111 Å². The number of carboxylic acids is 1. The first-order valence-electron chi connectivity index (χ1n) is 6.18. The van der Waals surface area contributed by atoms with Crippen LogP contribution in [0.2, 0.25) is 0 Å². The molecule has 0 saturated carbocycles. The first-order chi connectivity index (χ1) is 8.61. The number of carbonyl (C=O) groups excluding carboxylic acids is 1. The highest BCUT2D eigenvalue weighted by atomic mass is 32.2. The molecular formula is C11H21N3O3S. The molecule has 2 atom stereocenters. The van der Waals surface area contributed by atoms with Gasteiger partial charge < -0.3 is 21.5 Å². The van der Waals surface area contributed by atoms with Crippen molar-refractivity contribution in [1.29, 1.82) is 0 Å². The maximum Gasteiger partial charge on any atom is 0.320 e. The van der Waals surface area contributed by atoms with Crippen LogP contribution in [0.25, 0.3) is 0 Å². The number of nitrogens with two attached hydrogens (primary N) is 1. The Balaban J connectivity index is 2.03. The first kappa shape index (κ1) is 15.3. The zero-order valence-electron chi connectivity index (χ0n) is 10.4. The van der Waals surface area contributed by atoms with Crippen LogP contribution in [0.1, 0.15) is 19.3 Å². The van der Waals surface area contributed by atoms with Gasteiger partial charge in [0, 0.05) is 24.6 Å². The molecule has 7 heteroatoms. The Hall–Kier alpha value is -0.790. The molecule has 1 fully saturated rings. The van der Waals surface area contributed by atoms with Gasteiger partial charge in [0.2, 0.25) is 5.91 Å². The number of hydrogen-bond donors (Lipinski definition) is 4. The summed E-state index contributed by atoms with van der Waals surface area (Å²) in [5, 5.41) is 14.6. The van der Waals surface area contributed by atoms with Crippen LogP contribution in [0.4, 0.5) is 0 Å². The van der Waals surface area contributed by atoms with Crippen LogP contribution in [-0.4, -0.2) is 53.7 Å². The molecule has 1 aliphatic rings. The van der Waals surface area contributed by atoms with Crippen molar-refractivity contribution in [2.24, 2.45) is 5.73 Å². The molecule has 18 heavy (non-hydrogen) atoms. The predicted molar refractivity (Wildman–Crippen MR) is 71.6 cm³/mol. The molecule has 0 bridgehead atoms. The van der Waals surface area contributed by atoms with Gasteiger partial charge in [0.15, 0.2) is 0 Å². The number of rotatable bonds is 7. The summed E-state index contributed by atoms with van der Waals surface area (Å²) in [7, 11) is 0. The van der Waals surface area contributed by atoms with Crippen LogP contribution in [0, 0.1) is 0 Å². The predicted octanol–water partition coefficient (Wildman–Crippen LogP) is -0.610. The Morgan fingerprint density at radius 1 is 1.50 bits per heavy atom. The van der Waals surface area contributed by atoms with Crippen molar-refractivity contribution in [1.82, 2.24) is 10.6 Å². The van der Waals surface area contributed by atoms with E-state index in [1.165, 1.54) is 0 Å². The highest BCUT2D eigenvalue weighted by Gasteiger charge is 2.20. The van der Waals surface area contributed by atoms with Crippen molar-refractivity contribution in [2.75, 3.05) is 24.6 Å². The minimum Gasteiger partial charge on any atom is -0.480 e. The summed E-state index contributed by atoms with van der Waals surface area (Å²) in [4.78, 5) is 22.2. The van der Waals surface area contributed by atoms with E-state index in [9.17, 15) is 9.59 Å². The summed E-state index contributed by atoms with van der Waals surface area (Å²) in [5.74, 6) is 0.930. The minimum atomic E-state index is -0.970. The van der Waals surface area contributed by atoms with Crippen LogP contribution in [0.15, 0.2) is 0 Å². The fraction of sp³-hybridized carbons (Fsp3) is 0.818. The molecule has 1 saturated heterocycles. The number of aliphatic carboxylic acids is 1. The van der Waals surface area contributed by atoms with E-state index < -0.39 is 12.0 Å². The number of unbranched alkanes of at least 4 members (excludes halogenated alkanes) is 1. The maximum atomic E-state index is 11.7. The standard InChI is InChI=1S/C11H21N3O3S/c12-8(11(16)17)3-1-2-4-14-10(15)9-7-18-6-5-13-9/h8-9,13H,1-7,12H2,(H,14,15)(H,16,17)/t8-,9?/m0/s1. The van der Waals surface area contributed by atoms with Crippen molar-refractivity contribution in [2.45, 2.75) is 31.3 Å². The van der Waals surface area contributed by atoms with E-state index in [0.29, 0.717) is 19.4 Å². The van der Waals surface area contributed by atoms with Crippen molar-refractivity contribution >= 4 is 23.6 Å². The Bertz CT molecular complexity index is 283. The second-order valence-corrected chi connectivity index (χ2v) is 5.46. The van der Waals surface area contributed by atoms with Gasteiger partial charge in [0.05, 0.1) is 6.04 Å². The van der Waals surface area contributed by atoms with E-state index in [0.717, 1.165) is 24.5 Å². The molecular weight excluding hydrogens is 254 g/mol. The molecule has 1 amide bonds. The minimum absolute atomic E-state index is 0.0322. The summed E-state index contributed by atoms with van der Waals surface area (Å²) >= 11 is 1.78. The van der Waals surface area contributed by atoms with Crippen molar-refractivity contribution < 1.29 is 14.7 Å². The number of thioether (sulfide) groups is 1. The molecule has 1 unspecified atom stereocenters. The van der Waals surface area contributed by atoms with Crippen LogP contribution in [-0.2, 0) is 9.59 Å². The Morgan fingerprint density at radius 2 is 2.28 bits per heavy atom. The molecule has 0 aliphatic carbocycles. The number of amides is 1. The molecule has 104 valence electrons. The average Bonchev–Trinajstić information content (AvgIpc) is 2.38. The molecule has 1 aliphatic heterocycles. The SMILES string of the molecule is N[C@@H](CCCCNC(=O)C1CSCCN1)C(=O)O. The zero-order chi connectivity index (χ0) is 13.4. The second kappa shape index (κ2) is 8.34. The molecule has 6 nitrogen and oxygen atoms in total. The average molecular weight is 275 g/mol. The quantitative estimate of drug-likeness (QED) is 0.462. The van der Waals surface area contributed by atoms with E-state index in [-0.39, 0.29) is 11.9 Å². The molecule has 0 aromatic carbocycles. The molecule has 1 heterocycles. The van der Waals surface area contributed by atoms with E-state index in [4.69, 9.17) is 10.8 Å². The molecule has 0 aromatic rings. The van der Waals surface area contributed by atoms with Crippen molar-refractivity contribution in [3.05, 3.63) is 0 Å². The van der Waals surface area contributed by atoms with Crippen LogP contribution in [0.3, 0.4) is 0 Å². The topological polar surface area (TPSA) is 104 Å². The second-order valence-electron chi connectivity index (χ2n) is 4.31. The Morgan fingerprint density at radius 3 is 2.89 bits per heavy atom. The van der Waals surface area contributed by atoms with Gasteiger partial charge in [-0.3, -0.25) is 9.59 Å².